The monoisotopic (exact) mass is 661 g/mol. The van der Waals surface area contributed by atoms with Gasteiger partial charge in [-0.1, -0.05) is 75.6 Å². The van der Waals surface area contributed by atoms with Gasteiger partial charge in [0.15, 0.2) is 5.76 Å². The van der Waals surface area contributed by atoms with Crippen molar-refractivity contribution in [3.05, 3.63) is 111 Å². The first kappa shape index (κ1) is 36.5. The molecule has 0 bridgehead atoms. The number of benzene rings is 1. The summed E-state index contributed by atoms with van der Waals surface area (Å²) < 4.78 is 18.9. The Labute approximate surface area is 288 Å². The molecule has 0 aromatic heterocycles. The smallest absolute Gasteiger partial charge is 0.162 e. The topological polar surface area (TPSA) is 60.2 Å². The van der Waals surface area contributed by atoms with E-state index in [0.717, 1.165) is 104 Å². The molecule has 0 spiro atoms. The largest absolute Gasteiger partial charge is 0.497 e. The first-order chi connectivity index (χ1) is 23.0. The van der Waals surface area contributed by atoms with Gasteiger partial charge >= 0.3 is 0 Å². The number of ether oxygens (including phenoxy) is 3. The summed E-state index contributed by atoms with van der Waals surface area (Å²) in [7, 11) is 0. The van der Waals surface area contributed by atoms with Gasteiger partial charge in [0.25, 0.3) is 0 Å². The summed E-state index contributed by atoms with van der Waals surface area (Å²) in [4.78, 5) is 4.82. The van der Waals surface area contributed by atoms with Crippen molar-refractivity contribution in [2.75, 3.05) is 52.5 Å². The highest BCUT2D eigenvalue weighted by molar-refractivity contribution is 6.30. The second-order valence-corrected chi connectivity index (χ2v) is 13.1. The van der Waals surface area contributed by atoms with E-state index < -0.39 is 0 Å². The molecule has 7 heteroatoms. The van der Waals surface area contributed by atoms with E-state index >= 15 is 0 Å². The van der Waals surface area contributed by atoms with Crippen LogP contribution in [0.25, 0.3) is 0 Å². The highest BCUT2D eigenvalue weighted by atomic mass is 35.5. The van der Waals surface area contributed by atoms with Crippen molar-refractivity contribution in [2.45, 2.75) is 78.6 Å². The lowest BCUT2D eigenvalue weighted by Gasteiger charge is -2.28. The lowest BCUT2D eigenvalue weighted by molar-refractivity contribution is 0.165. The first-order valence-corrected chi connectivity index (χ1v) is 18.2. The van der Waals surface area contributed by atoms with Crippen molar-refractivity contribution in [2.24, 2.45) is 11.7 Å². The summed E-state index contributed by atoms with van der Waals surface area (Å²) >= 11 is 6.02. The Kier molecular flexibility index (Phi) is 15.7. The maximum Gasteiger partial charge on any atom is 0.162 e. The van der Waals surface area contributed by atoms with Crippen molar-refractivity contribution in [3.8, 4) is 0 Å². The predicted molar refractivity (Wildman–Crippen MR) is 195 cm³/mol. The molecule has 0 atom stereocenters. The molecule has 0 aliphatic heterocycles. The lowest BCUT2D eigenvalue weighted by atomic mass is 10.1. The van der Waals surface area contributed by atoms with Gasteiger partial charge < -0.3 is 29.7 Å². The van der Waals surface area contributed by atoms with Gasteiger partial charge in [-0.15, -0.1) is 0 Å². The molecule has 1 saturated carbocycles. The van der Waals surface area contributed by atoms with Gasteiger partial charge in [-0.3, -0.25) is 0 Å². The SMILES string of the molecule is CCCCN(CC1=CC=C=C(OCCc2ccc(Cl)cc2)C=C1)C1=C(N)CC(OCCCN(CC)CC)=CC(OCC2CCCC2)=C1. The average Bonchev–Trinajstić information content (AvgIpc) is 3.43. The van der Waals surface area contributed by atoms with Crippen molar-refractivity contribution in [1.82, 2.24) is 9.80 Å². The van der Waals surface area contributed by atoms with Gasteiger partial charge in [-0.2, -0.15) is 0 Å². The molecule has 0 unspecified atom stereocenters. The molecule has 0 heterocycles. The van der Waals surface area contributed by atoms with Crippen LogP contribution in [0.4, 0.5) is 0 Å². The van der Waals surface area contributed by atoms with Crippen molar-refractivity contribution in [3.63, 3.8) is 0 Å². The molecule has 4 rings (SSSR count). The summed E-state index contributed by atoms with van der Waals surface area (Å²) in [5.41, 5.74) is 14.4. The third kappa shape index (κ3) is 12.7. The number of unbranched alkanes of at least 4 members (excludes halogenated alkanes) is 1. The van der Waals surface area contributed by atoms with Crippen LogP contribution in [0.1, 0.15) is 77.7 Å². The summed E-state index contributed by atoms with van der Waals surface area (Å²) in [6, 6.07) is 7.90. The molecule has 6 nitrogen and oxygen atoms in total. The third-order valence-electron chi connectivity index (χ3n) is 9.07. The Morgan fingerprint density at radius 3 is 2.45 bits per heavy atom. The zero-order valence-electron chi connectivity index (χ0n) is 28.9. The molecule has 3 aliphatic rings. The van der Waals surface area contributed by atoms with Crippen LogP contribution in [0.15, 0.2) is 101 Å². The number of hydrogen-bond acceptors (Lipinski definition) is 6. The summed E-state index contributed by atoms with van der Waals surface area (Å²) in [5, 5.41) is 0.745. The van der Waals surface area contributed by atoms with Crippen molar-refractivity contribution >= 4 is 11.6 Å². The molecule has 1 aromatic rings. The molecule has 1 fully saturated rings. The number of halogens is 1. The van der Waals surface area contributed by atoms with Gasteiger partial charge in [-0.05, 0) is 86.2 Å². The molecule has 0 radical (unpaired) electrons. The molecular weight excluding hydrogens is 606 g/mol. The fourth-order valence-electron chi connectivity index (χ4n) is 6.15. The van der Waals surface area contributed by atoms with Gasteiger partial charge in [0.2, 0.25) is 0 Å². The molecule has 0 amide bonds. The molecule has 47 heavy (non-hydrogen) atoms. The Morgan fingerprint density at radius 1 is 0.915 bits per heavy atom. The van der Waals surface area contributed by atoms with E-state index in [-0.39, 0.29) is 0 Å². The highest BCUT2D eigenvalue weighted by Gasteiger charge is 2.21. The zero-order valence-corrected chi connectivity index (χ0v) is 29.7. The van der Waals surface area contributed by atoms with Gasteiger partial charge in [0, 0.05) is 55.3 Å². The molecule has 0 saturated heterocycles. The van der Waals surface area contributed by atoms with Crippen LogP contribution in [0.2, 0.25) is 5.02 Å². The Hall–Kier alpha value is -3.31. The van der Waals surface area contributed by atoms with E-state index in [4.69, 9.17) is 31.5 Å². The molecule has 2 N–H and O–H groups in total. The lowest BCUT2D eigenvalue weighted by Crippen LogP contribution is -2.28. The van der Waals surface area contributed by atoms with Crippen LogP contribution in [-0.4, -0.2) is 62.3 Å². The fourth-order valence-corrected chi connectivity index (χ4v) is 6.27. The van der Waals surface area contributed by atoms with E-state index in [1.807, 2.05) is 36.4 Å². The van der Waals surface area contributed by atoms with Crippen LogP contribution in [0.3, 0.4) is 0 Å². The Morgan fingerprint density at radius 2 is 1.70 bits per heavy atom. The second kappa shape index (κ2) is 20.1. The van der Waals surface area contributed by atoms with Crippen LogP contribution in [-0.2, 0) is 20.6 Å². The van der Waals surface area contributed by atoms with Crippen LogP contribution >= 0.6 is 11.6 Å². The standard InChI is InChI=1S/C40H56ClN3O3/c1-4-7-24-44(30-33-14-10-15-36(21-18-33)46-26-22-32-16-19-35(41)20-17-32)40-29-38(47-31-34-12-8-9-13-34)27-37(28-39(40)42)45-25-11-23-43(5-2)6-3/h10,14,16-21,27,29,34H,4-9,11-13,22-26,28,30-31,42H2,1-3H3. The first-order valence-electron chi connectivity index (χ1n) is 17.8. The minimum atomic E-state index is 0.567. The van der Waals surface area contributed by atoms with E-state index in [2.05, 4.69) is 60.6 Å². The summed E-state index contributed by atoms with van der Waals surface area (Å²) in [5.74, 6) is 3.07. The quantitative estimate of drug-likeness (QED) is 0.111. The maximum atomic E-state index is 6.91. The number of nitrogens with two attached hydrogens (primary N) is 1. The van der Waals surface area contributed by atoms with Crippen molar-refractivity contribution < 1.29 is 14.2 Å². The summed E-state index contributed by atoms with van der Waals surface area (Å²) in [6.45, 7) is 13.4. The number of hydrogen-bond donors (Lipinski definition) is 1. The zero-order chi connectivity index (χ0) is 33.3. The molecule has 1 aromatic carbocycles. The molecule has 256 valence electrons. The van der Waals surface area contributed by atoms with E-state index in [0.29, 0.717) is 25.6 Å². The van der Waals surface area contributed by atoms with Crippen molar-refractivity contribution in [1.29, 1.82) is 0 Å². The Bertz CT molecular complexity index is 1340. The van der Waals surface area contributed by atoms with Gasteiger partial charge in [0.05, 0.1) is 25.5 Å². The number of rotatable bonds is 20. The Balaban J connectivity index is 1.43. The number of allylic oxidation sites excluding steroid dienone is 4. The fraction of sp³-hybridized carbons (Fsp3) is 0.525. The minimum Gasteiger partial charge on any atom is -0.497 e. The maximum absolute atomic E-state index is 6.91. The normalized spacial score (nSPS) is 16.8. The van der Waals surface area contributed by atoms with Crippen LogP contribution in [0.5, 0.6) is 0 Å². The van der Waals surface area contributed by atoms with Gasteiger partial charge in [0.1, 0.15) is 11.5 Å². The van der Waals surface area contributed by atoms with Crippen LogP contribution < -0.4 is 5.73 Å². The molecular formula is C40H56ClN3O3. The van der Waals surface area contributed by atoms with E-state index in [9.17, 15) is 0 Å². The van der Waals surface area contributed by atoms with Crippen LogP contribution in [0, 0.1) is 5.92 Å². The summed E-state index contributed by atoms with van der Waals surface area (Å²) in [6.07, 6.45) is 22.0. The third-order valence-corrected chi connectivity index (χ3v) is 9.32. The van der Waals surface area contributed by atoms with E-state index in [1.54, 1.807) is 0 Å². The highest BCUT2D eigenvalue weighted by Crippen LogP contribution is 2.29. The number of nitrogens with zero attached hydrogens (tertiary/aromatic N) is 2. The van der Waals surface area contributed by atoms with E-state index in [1.165, 1.54) is 31.2 Å². The predicted octanol–water partition coefficient (Wildman–Crippen LogP) is 8.83. The minimum absolute atomic E-state index is 0.567. The second-order valence-electron chi connectivity index (χ2n) is 12.7. The molecule has 3 aliphatic carbocycles. The van der Waals surface area contributed by atoms with Gasteiger partial charge in [-0.25, -0.2) is 0 Å². The average molecular weight is 662 g/mol.